The van der Waals surface area contributed by atoms with E-state index in [2.05, 4.69) is 29.2 Å². The van der Waals surface area contributed by atoms with Gasteiger partial charge in [-0.15, -0.1) is 11.3 Å². The van der Waals surface area contributed by atoms with E-state index in [0.29, 0.717) is 41.8 Å². The number of carbonyl (C=O) groups excluding carboxylic acids is 2. The number of anilines is 2. The zero-order valence-corrected chi connectivity index (χ0v) is 28.6. The fraction of sp³-hybridized carbons (Fsp3) is 0.562. The van der Waals surface area contributed by atoms with E-state index >= 15 is 0 Å². The van der Waals surface area contributed by atoms with Crippen LogP contribution in [0.3, 0.4) is 0 Å². The lowest BCUT2D eigenvalue weighted by molar-refractivity contribution is -0.0104. The molecule has 0 aliphatic carbocycles. The van der Waals surface area contributed by atoms with Gasteiger partial charge in [0.2, 0.25) is 0 Å². The maximum absolute atomic E-state index is 13.8. The number of likely N-dealkylation sites (tertiary alicyclic amines) is 1. The number of hydrogen-bond acceptors (Lipinski definition) is 11. The van der Waals surface area contributed by atoms with Crippen molar-refractivity contribution in [3.63, 3.8) is 0 Å². The second-order valence-corrected chi connectivity index (χ2v) is 15.0. The van der Waals surface area contributed by atoms with Crippen LogP contribution in [0.1, 0.15) is 78.3 Å². The van der Waals surface area contributed by atoms with Gasteiger partial charge in [-0.05, 0) is 59.9 Å². The molecule has 248 valence electrons. The number of fused-ring (bicyclic) bond motifs is 2. The number of aliphatic hydroxyl groups is 1. The molecule has 0 bridgehead atoms. The first-order chi connectivity index (χ1) is 21.6. The number of nitrogens with zero attached hydrogens (tertiary/aromatic N) is 7. The molecule has 1 fully saturated rings. The van der Waals surface area contributed by atoms with Crippen LogP contribution in [0.5, 0.6) is 0 Å². The number of pyridine rings is 1. The molecule has 2 N–H and O–H groups in total. The summed E-state index contributed by atoms with van der Waals surface area (Å²) in [7, 11) is 0. The van der Waals surface area contributed by atoms with Gasteiger partial charge in [-0.2, -0.15) is 9.61 Å². The highest BCUT2D eigenvalue weighted by Crippen LogP contribution is 2.31. The Labute approximate surface area is 272 Å². The van der Waals surface area contributed by atoms with Crippen molar-refractivity contribution in [1.29, 1.82) is 0 Å². The van der Waals surface area contributed by atoms with Crippen molar-refractivity contribution in [3.05, 3.63) is 41.3 Å². The average molecular weight is 653 g/mol. The van der Waals surface area contributed by atoms with E-state index in [1.165, 1.54) is 16.2 Å². The first-order valence-electron chi connectivity index (χ1n) is 15.6. The second-order valence-electron chi connectivity index (χ2n) is 13.9. The third kappa shape index (κ3) is 7.84. The zero-order valence-electron chi connectivity index (χ0n) is 27.8. The molecule has 4 aromatic rings. The van der Waals surface area contributed by atoms with Gasteiger partial charge in [0.25, 0.3) is 0 Å². The highest BCUT2D eigenvalue weighted by molar-refractivity contribution is 7.18. The van der Waals surface area contributed by atoms with Crippen LogP contribution in [0.2, 0.25) is 0 Å². The van der Waals surface area contributed by atoms with E-state index < -0.39 is 29.5 Å². The smallest absolute Gasteiger partial charge is 0.416 e. The van der Waals surface area contributed by atoms with Crippen molar-refractivity contribution < 1.29 is 24.2 Å². The Morgan fingerprint density at radius 2 is 1.87 bits per heavy atom. The summed E-state index contributed by atoms with van der Waals surface area (Å²) in [6, 6.07) is 3.67. The van der Waals surface area contributed by atoms with E-state index in [9.17, 15) is 14.7 Å². The van der Waals surface area contributed by atoms with Gasteiger partial charge < -0.3 is 24.8 Å². The minimum Gasteiger partial charge on any atom is -0.444 e. The third-order valence-electron chi connectivity index (χ3n) is 7.44. The summed E-state index contributed by atoms with van der Waals surface area (Å²) >= 11 is 1.48. The molecule has 0 aromatic carbocycles. The number of hydrogen-bond donors (Lipinski definition) is 2. The average Bonchev–Trinajstić information content (AvgIpc) is 3.57. The minimum absolute atomic E-state index is 0.124. The van der Waals surface area contributed by atoms with E-state index in [-0.39, 0.29) is 24.9 Å². The lowest BCUT2D eigenvalue weighted by atomic mass is 9.94. The van der Waals surface area contributed by atoms with Crippen LogP contribution in [0.15, 0.2) is 30.7 Å². The molecule has 13 nitrogen and oxygen atoms in total. The van der Waals surface area contributed by atoms with Crippen molar-refractivity contribution in [1.82, 2.24) is 29.5 Å². The van der Waals surface area contributed by atoms with Gasteiger partial charge in [-0.3, -0.25) is 9.88 Å². The van der Waals surface area contributed by atoms with E-state index in [1.807, 2.05) is 47.6 Å². The number of carbonyl (C=O) groups is 2. The van der Waals surface area contributed by atoms with E-state index in [0.717, 1.165) is 15.8 Å². The molecule has 1 aliphatic rings. The number of thiazole rings is 1. The maximum Gasteiger partial charge on any atom is 0.416 e. The van der Waals surface area contributed by atoms with Gasteiger partial charge in [0.1, 0.15) is 27.8 Å². The predicted molar refractivity (Wildman–Crippen MR) is 177 cm³/mol. The highest BCUT2D eigenvalue weighted by Gasteiger charge is 2.33. The van der Waals surface area contributed by atoms with Crippen LogP contribution < -0.4 is 10.2 Å². The summed E-state index contributed by atoms with van der Waals surface area (Å²) < 4.78 is 14.0. The number of piperidine rings is 1. The number of amides is 2. The molecule has 46 heavy (non-hydrogen) atoms. The van der Waals surface area contributed by atoms with Crippen LogP contribution in [0.25, 0.3) is 15.9 Å². The Morgan fingerprint density at radius 3 is 2.52 bits per heavy atom. The zero-order chi connectivity index (χ0) is 33.4. The molecule has 2 atom stereocenters. The Morgan fingerprint density at radius 1 is 1.13 bits per heavy atom. The number of aromatic nitrogens is 5. The molecule has 0 unspecified atom stereocenters. The molecule has 4 aromatic heterocycles. The molecular weight excluding hydrogens is 608 g/mol. The molecule has 5 rings (SSSR count). The Hall–Kier alpha value is -4.04. The SMILES string of the molecule is CC(C)c1cnn2c(N(Cc3nc4cnccc4s3)C(=O)OC(C)(C)C)cc(NC[C@H]3CCN(C(=O)OC(C)(C)C)C[C@@H]3O)nc12. The lowest BCUT2D eigenvalue weighted by Gasteiger charge is -2.36. The molecule has 0 spiro atoms. The molecule has 1 aliphatic heterocycles. The Bertz CT molecular complexity index is 1670. The Balaban J connectivity index is 1.45. The van der Waals surface area contributed by atoms with E-state index in [4.69, 9.17) is 19.4 Å². The fourth-order valence-electron chi connectivity index (χ4n) is 5.19. The van der Waals surface area contributed by atoms with Crippen molar-refractivity contribution in [2.45, 2.75) is 91.6 Å². The van der Waals surface area contributed by atoms with E-state index in [1.54, 1.807) is 34.1 Å². The molecular formula is C32H44N8O5S. The summed E-state index contributed by atoms with van der Waals surface area (Å²) in [5.74, 6) is 0.979. The number of β-amino-alcohol motifs (C(OH)–C–C–N with tert-alkyl or cyclic N) is 1. The van der Waals surface area contributed by atoms with Crippen molar-refractivity contribution in [2.24, 2.45) is 5.92 Å². The van der Waals surface area contributed by atoms with Crippen LogP contribution in [0.4, 0.5) is 21.2 Å². The first kappa shape index (κ1) is 33.3. The summed E-state index contributed by atoms with van der Waals surface area (Å²) in [5.41, 5.74) is 0.939. The summed E-state index contributed by atoms with van der Waals surface area (Å²) in [5, 5.41) is 19.7. The standard InChI is InChI=1S/C32H44N8O5S/c1-19(2)21-15-35-40-27(39(30(43)45-32(6,7)8)18-26-36-22-16-33-11-9-24(22)46-26)13-25(37-28(21)40)34-14-20-10-12-38(17-23(20)41)29(42)44-31(3,4)5/h9,11,13,15-16,19-20,23,41H,10,12,14,17-18H2,1-8H3,(H,34,37)/t20-,23+/m1/s1. The summed E-state index contributed by atoms with van der Waals surface area (Å²) in [6.07, 6.45) is 4.06. The van der Waals surface area contributed by atoms with Gasteiger partial charge >= 0.3 is 12.2 Å². The maximum atomic E-state index is 13.8. The summed E-state index contributed by atoms with van der Waals surface area (Å²) in [6.45, 7) is 16.3. The van der Waals surface area contributed by atoms with Gasteiger partial charge in [0.05, 0.1) is 41.8 Å². The van der Waals surface area contributed by atoms with Crippen LogP contribution >= 0.6 is 11.3 Å². The van der Waals surface area contributed by atoms with Gasteiger partial charge in [0.15, 0.2) is 5.65 Å². The van der Waals surface area contributed by atoms with Crippen LogP contribution in [-0.2, 0) is 16.0 Å². The van der Waals surface area contributed by atoms with Crippen LogP contribution in [0, 0.1) is 5.92 Å². The quantitative estimate of drug-likeness (QED) is 0.250. The normalized spacial score (nSPS) is 17.5. The molecule has 0 radical (unpaired) electrons. The first-order valence-corrected chi connectivity index (χ1v) is 16.4. The molecule has 5 heterocycles. The van der Waals surface area contributed by atoms with Crippen molar-refractivity contribution in [3.8, 4) is 0 Å². The third-order valence-corrected chi connectivity index (χ3v) is 8.46. The number of nitrogens with one attached hydrogen (secondary N) is 1. The van der Waals surface area contributed by atoms with Gasteiger partial charge in [-0.25, -0.2) is 19.6 Å². The monoisotopic (exact) mass is 652 g/mol. The minimum atomic E-state index is -0.745. The molecule has 1 saturated heterocycles. The largest absolute Gasteiger partial charge is 0.444 e. The lowest BCUT2D eigenvalue weighted by Crippen LogP contribution is -2.49. The molecule has 0 saturated carbocycles. The molecule has 14 heteroatoms. The topological polar surface area (TPSA) is 147 Å². The Kier molecular flexibility index (Phi) is 9.41. The number of ether oxygens (including phenoxy) is 2. The van der Waals surface area contributed by atoms with Crippen molar-refractivity contribution >= 4 is 51.0 Å². The van der Waals surface area contributed by atoms with Crippen molar-refractivity contribution in [2.75, 3.05) is 29.9 Å². The second kappa shape index (κ2) is 13.0. The number of aliphatic hydroxyl groups excluding tert-OH is 1. The highest BCUT2D eigenvalue weighted by atomic mass is 32.1. The van der Waals surface area contributed by atoms with Crippen LogP contribution in [-0.4, -0.2) is 83.7 Å². The van der Waals surface area contributed by atoms with Gasteiger partial charge in [0, 0.05) is 36.8 Å². The fourth-order valence-corrected chi connectivity index (χ4v) is 6.11. The molecule has 2 amide bonds. The van der Waals surface area contributed by atoms with Gasteiger partial charge in [-0.1, -0.05) is 13.8 Å². The summed E-state index contributed by atoms with van der Waals surface area (Å²) in [4.78, 5) is 43.2. The predicted octanol–water partition coefficient (Wildman–Crippen LogP) is 5.83. The number of rotatable bonds is 7.